The van der Waals surface area contributed by atoms with Gasteiger partial charge in [-0.2, -0.15) is 23.7 Å². The molecule has 1 aliphatic carbocycles. The second-order valence-corrected chi connectivity index (χ2v) is 31.6. The van der Waals surface area contributed by atoms with Gasteiger partial charge < -0.3 is 33.3 Å². The smallest absolute Gasteiger partial charge is 0.437 e. The van der Waals surface area contributed by atoms with E-state index in [0.29, 0.717) is 49.3 Å². The van der Waals surface area contributed by atoms with Gasteiger partial charge in [-0.3, -0.25) is 14.4 Å². The van der Waals surface area contributed by atoms with Gasteiger partial charge in [0.2, 0.25) is 0 Å². The number of hydrogen-bond donors (Lipinski definition) is 0. The molecule has 0 aromatic heterocycles. The maximum atomic E-state index is 16.0. The number of alkyl halides is 3. The first-order valence-electron chi connectivity index (χ1n) is 31.9. The highest BCUT2D eigenvalue weighted by atomic mass is 33.1. The second kappa shape index (κ2) is 37.2. The fourth-order valence-electron chi connectivity index (χ4n) is 11.2. The predicted molar refractivity (Wildman–Crippen MR) is 373 cm³/mol. The van der Waals surface area contributed by atoms with Crippen molar-refractivity contribution in [2.75, 3.05) is 69.1 Å². The Morgan fingerprint density at radius 3 is 1.91 bits per heavy atom. The number of benzene rings is 3. The third kappa shape index (κ3) is 22.6. The molecule has 0 N–H and O–H groups in total. The SMILES string of the molecule is C#CCOCCC(=O)OCCOC(=O)/C(C#N)=C1\OC(c2ccccc2)(C(F)(F)F)C(/C=C/C=C/C2CC(C)(C)CC(/C=C/c3ccc(N(CCOC(=O)CCCCC4CCSS4)CCOC(=O)CCCCC4CCSS4)cc3)=C2Sc2ccc(C(C)(C)C)cc2)=C1C#N. The van der Waals surface area contributed by atoms with Crippen LogP contribution in [-0.4, -0.2) is 105 Å². The van der Waals surface area contributed by atoms with Crippen LogP contribution in [-0.2, 0) is 58.6 Å². The lowest BCUT2D eigenvalue weighted by Gasteiger charge is -2.37. The Morgan fingerprint density at radius 1 is 0.745 bits per heavy atom. The summed E-state index contributed by atoms with van der Waals surface area (Å²) >= 11 is 1.63. The molecule has 21 heteroatoms. The van der Waals surface area contributed by atoms with Gasteiger partial charge in [0, 0.05) is 62.5 Å². The molecule has 2 saturated heterocycles. The average molecular weight is 1380 g/mol. The number of halogens is 3. The molecule has 3 aliphatic heterocycles. The number of nitriles is 2. The van der Waals surface area contributed by atoms with Gasteiger partial charge in [0.1, 0.15) is 50.7 Å². The van der Waals surface area contributed by atoms with Gasteiger partial charge in [0.25, 0.3) is 5.60 Å². The van der Waals surface area contributed by atoms with Crippen LogP contribution in [0.5, 0.6) is 0 Å². The van der Waals surface area contributed by atoms with E-state index in [1.807, 2.05) is 73.5 Å². The highest BCUT2D eigenvalue weighted by Crippen LogP contribution is 2.56. The molecular formula is C73H84F3N3O10S5. The van der Waals surface area contributed by atoms with Crippen LogP contribution in [0.4, 0.5) is 18.9 Å². The first-order valence-corrected chi connectivity index (χ1v) is 37.4. The number of carbonyl (C=O) groups excluding carboxylic acids is 4. The van der Waals surface area contributed by atoms with E-state index in [1.54, 1.807) is 30.0 Å². The average Bonchev–Trinajstić information content (AvgIpc) is 1.55. The number of hydrogen-bond acceptors (Lipinski definition) is 18. The van der Waals surface area contributed by atoms with Crippen LogP contribution < -0.4 is 4.90 Å². The van der Waals surface area contributed by atoms with Gasteiger partial charge in [-0.05, 0) is 108 Å². The van der Waals surface area contributed by atoms with E-state index in [-0.39, 0.29) is 61.5 Å². The molecule has 3 aromatic carbocycles. The van der Waals surface area contributed by atoms with Crippen molar-refractivity contribution in [3.8, 4) is 24.5 Å². The van der Waals surface area contributed by atoms with E-state index in [0.717, 1.165) is 71.2 Å². The number of nitrogens with zero attached hydrogens (tertiary/aromatic N) is 3. The lowest BCUT2D eigenvalue weighted by molar-refractivity contribution is -0.249. The lowest BCUT2D eigenvalue weighted by Crippen LogP contribution is -2.43. The molecule has 0 amide bonds. The molecular weight excluding hydrogens is 1300 g/mol. The third-order valence-electron chi connectivity index (χ3n) is 16.1. The number of carbonyl (C=O) groups is 4. The maximum Gasteiger partial charge on any atom is 0.437 e. The van der Waals surface area contributed by atoms with E-state index in [9.17, 15) is 29.7 Å². The quantitative estimate of drug-likeness (QED) is 0.00822. The summed E-state index contributed by atoms with van der Waals surface area (Å²) in [6, 6.07) is 26.6. The molecule has 0 radical (unpaired) electrons. The molecule has 4 unspecified atom stereocenters. The Kier molecular flexibility index (Phi) is 29.7. The Bertz CT molecular complexity index is 3320. The molecule has 2 fully saturated rings. The van der Waals surface area contributed by atoms with Crippen molar-refractivity contribution < 1.29 is 60.8 Å². The van der Waals surface area contributed by atoms with Gasteiger partial charge in [-0.1, -0.05) is 199 Å². The number of unbranched alkanes of at least 4 members (excludes halogenated alkanes) is 2. The summed E-state index contributed by atoms with van der Waals surface area (Å²) in [4.78, 5) is 55.5. The lowest BCUT2D eigenvalue weighted by atomic mass is 9.72. The molecule has 4 aliphatic rings. The first-order chi connectivity index (χ1) is 45.1. The summed E-state index contributed by atoms with van der Waals surface area (Å²) in [5.74, 6) is 0.941. The Balaban J connectivity index is 1.15. The minimum Gasteiger partial charge on any atom is -0.465 e. The minimum atomic E-state index is -5.25. The molecule has 502 valence electrons. The topological polar surface area (TPSA) is 174 Å². The number of rotatable bonds is 33. The van der Waals surface area contributed by atoms with E-state index in [4.69, 9.17) is 34.8 Å². The van der Waals surface area contributed by atoms with Crippen LogP contribution in [0.1, 0.15) is 135 Å². The van der Waals surface area contributed by atoms with Gasteiger partial charge in [-0.25, -0.2) is 4.79 Å². The summed E-state index contributed by atoms with van der Waals surface area (Å²) in [6.45, 7) is 10.9. The Hall–Kier alpha value is -6.38. The van der Waals surface area contributed by atoms with Gasteiger partial charge >= 0.3 is 30.1 Å². The number of esters is 4. The Morgan fingerprint density at radius 2 is 1.35 bits per heavy atom. The summed E-state index contributed by atoms with van der Waals surface area (Å²) in [5.41, 5.74) is -2.41. The van der Waals surface area contributed by atoms with Crippen LogP contribution in [0.3, 0.4) is 0 Å². The molecule has 3 aromatic rings. The fraction of sp³-hybridized carbons (Fsp3) is 0.479. The third-order valence-corrected chi connectivity index (χ3v) is 23.4. The molecule has 7 rings (SSSR count). The normalized spacial score (nSPS) is 20.2. The molecule has 0 spiro atoms. The number of allylic oxidation sites excluding steroid dienone is 7. The zero-order valence-electron chi connectivity index (χ0n) is 54.1. The van der Waals surface area contributed by atoms with Crippen LogP contribution in [0, 0.1) is 46.3 Å². The van der Waals surface area contributed by atoms with E-state index >= 15 is 13.2 Å². The molecule has 0 bridgehead atoms. The van der Waals surface area contributed by atoms with Crippen molar-refractivity contribution in [3.63, 3.8) is 0 Å². The summed E-state index contributed by atoms with van der Waals surface area (Å²) in [6.07, 6.45) is 20.4. The number of ether oxygens (including phenoxy) is 6. The highest BCUT2D eigenvalue weighted by molar-refractivity contribution is 8.77. The van der Waals surface area contributed by atoms with E-state index in [2.05, 4.69) is 81.9 Å². The molecule has 0 saturated carbocycles. The number of thioether (sulfide) groups is 1. The van der Waals surface area contributed by atoms with Gasteiger partial charge in [-0.15, -0.1) is 6.42 Å². The molecule has 3 heterocycles. The van der Waals surface area contributed by atoms with Crippen molar-refractivity contribution in [2.24, 2.45) is 11.3 Å². The van der Waals surface area contributed by atoms with Crippen LogP contribution in [0.25, 0.3) is 6.08 Å². The Labute approximate surface area is 572 Å². The van der Waals surface area contributed by atoms with Crippen molar-refractivity contribution in [1.82, 2.24) is 0 Å². The largest absolute Gasteiger partial charge is 0.465 e. The molecule has 4 atom stereocenters. The highest BCUT2D eigenvalue weighted by Gasteiger charge is 2.65. The summed E-state index contributed by atoms with van der Waals surface area (Å²) < 4.78 is 80.6. The van der Waals surface area contributed by atoms with Crippen LogP contribution >= 0.6 is 54.9 Å². The molecule has 94 heavy (non-hydrogen) atoms. The molecule has 13 nitrogen and oxygen atoms in total. The van der Waals surface area contributed by atoms with E-state index < -0.39 is 65.0 Å². The van der Waals surface area contributed by atoms with Crippen molar-refractivity contribution in [2.45, 2.75) is 151 Å². The summed E-state index contributed by atoms with van der Waals surface area (Å²) in [5, 5.41) is 22.3. The monoisotopic (exact) mass is 1380 g/mol. The van der Waals surface area contributed by atoms with Gasteiger partial charge in [0.15, 0.2) is 11.3 Å². The van der Waals surface area contributed by atoms with Crippen molar-refractivity contribution in [3.05, 3.63) is 159 Å². The first kappa shape index (κ1) is 75.0. The zero-order chi connectivity index (χ0) is 67.6. The number of terminal acetylenes is 1. The van der Waals surface area contributed by atoms with Crippen molar-refractivity contribution >= 4 is 90.6 Å². The predicted octanol–water partition coefficient (Wildman–Crippen LogP) is 17.1. The number of anilines is 1. The fourth-order valence-corrected chi connectivity index (χ4v) is 18.4. The van der Waals surface area contributed by atoms with E-state index in [1.165, 1.54) is 66.3 Å². The van der Waals surface area contributed by atoms with Crippen molar-refractivity contribution in [1.29, 1.82) is 10.5 Å². The van der Waals surface area contributed by atoms with Crippen LogP contribution in [0.15, 0.2) is 147 Å². The second-order valence-electron chi connectivity index (χ2n) is 24.9. The maximum absolute atomic E-state index is 16.0. The van der Waals surface area contributed by atoms with Gasteiger partial charge in [0.05, 0.1) is 26.1 Å². The standard InChI is InChI=1S/C73H84F3N3O10S5/c1-7-40-84-41-35-66(82)87-44-45-88-69(83)62(51-78)67-61(50-77)63(72(89-67,73(74,75)76)56-18-9-8-10-19-56)22-14-11-17-53-48-71(5,6)49-54(68(53)92-58-33-29-55(30-34-58)70(2,3)4)28-25-52-26-31-57(32-27-52)79(38-42-85-64(80)23-15-12-20-59-36-46-90-93-59)39-43-86-65(81)24-16-13-21-60-37-47-91-94-60/h1,8-11,14,17-19,22,25-34,53,59-60H,12-13,15-16,20-21,23-24,35-49H2,2-6H3/b17-11+,22-14+,28-25+,67-62-. The zero-order valence-corrected chi connectivity index (χ0v) is 58.2. The minimum absolute atomic E-state index is 0.0103. The van der Waals surface area contributed by atoms with Crippen LogP contribution in [0.2, 0.25) is 0 Å². The summed E-state index contributed by atoms with van der Waals surface area (Å²) in [7, 11) is 7.74.